The van der Waals surface area contributed by atoms with E-state index in [0.717, 1.165) is 5.56 Å². The molecule has 1 aromatic rings. The average Bonchev–Trinajstić information content (AvgIpc) is 2.01. The van der Waals surface area contributed by atoms with Gasteiger partial charge in [-0.1, -0.05) is 11.6 Å². The Morgan fingerprint density at radius 3 is 2.50 bits per heavy atom. The molecule has 0 aliphatic rings. The van der Waals surface area contributed by atoms with E-state index >= 15 is 0 Å². The molecule has 0 aromatic heterocycles. The summed E-state index contributed by atoms with van der Waals surface area (Å²) in [5.41, 5.74) is 1.98. The second kappa shape index (κ2) is 3.33. The fraction of sp³-hybridized carbons (Fsp3) is 0.333. The van der Waals surface area contributed by atoms with Crippen molar-refractivity contribution >= 4 is 11.6 Å². The SMILES string of the molecule is Cc1cc(Cl)c(CO)c(C)c1O. The Morgan fingerprint density at radius 1 is 1.42 bits per heavy atom. The zero-order valence-electron chi connectivity index (χ0n) is 7.06. The molecular formula is C9H11ClO2. The van der Waals surface area contributed by atoms with Gasteiger partial charge in [-0.05, 0) is 31.0 Å². The molecule has 1 aromatic carbocycles. The summed E-state index contributed by atoms with van der Waals surface area (Å²) in [6, 6.07) is 1.65. The van der Waals surface area contributed by atoms with E-state index in [1.54, 1.807) is 19.9 Å². The van der Waals surface area contributed by atoms with E-state index in [4.69, 9.17) is 16.7 Å². The quantitative estimate of drug-likeness (QED) is 0.706. The second-order valence-electron chi connectivity index (χ2n) is 2.79. The molecule has 0 fully saturated rings. The molecule has 0 radical (unpaired) electrons. The third-order valence-electron chi connectivity index (χ3n) is 1.97. The highest BCUT2D eigenvalue weighted by molar-refractivity contribution is 6.31. The molecule has 0 aliphatic heterocycles. The monoisotopic (exact) mass is 186 g/mol. The van der Waals surface area contributed by atoms with Crippen LogP contribution in [0.5, 0.6) is 5.75 Å². The smallest absolute Gasteiger partial charge is 0.121 e. The molecule has 0 amide bonds. The maximum atomic E-state index is 9.47. The van der Waals surface area contributed by atoms with Crippen molar-refractivity contribution in [1.29, 1.82) is 0 Å². The van der Waals surface area contributed by atoms with Crippen LogP contribution in [0.3, 0.4) is 0 Å². The van der Waals surface area contributed by atoms with E-state index in [2.05, 4.69) is 0 Å². The molecule has 3 heteroatoms. The van der Waals surface area contributed by atoms with Crippen molar-refractivity contribution in [3.63, 3.8) is 0 Å². The van der Waals surface area contributed by atoms with Gasteiger partial charge in [0.15, 0.2) is 0 Å². The minimum Gasteiger partial charge on any atom is -0.507 e. The highest BCUT2D eigenvalue weighted by Crippen LogP contribution is 2.30. The minimum atomic E-state index is -0.140. The summed E-state index contributed by atoms with van der Waals surface area (Å²) in [5.74, 6) is 0.212. The van der Waals surface area contributed by atoms with Gasteiger partial charge in [-0.15, -0.1) is 0 Å². The Balaban J connectivity index is 3.40. The molecule has 0 heterocycles. The van der Waals surface area contributed by atoms with E-state index in [1.807, 2.05) is 0 Å². The molecule has 2 N–H and O–H groups in total. The first-order chi connectivity index (χ1) is 5.57. The molecule has 12 heavy (non-hydrogen) atoms. The molecule has 0 saturated heterocycles. The molecule has 0 bridgehead atoms. The van der Waals surface area contributed by atoms with Crippen LogP contribution in [-0.4, -0.2) is 10.2 Å². The van der Waals surface area contributed by atoms with Gasteiger partial charge in [0.25, 0.3) is 0 Å². The fourth-order valence-electron chi connectivity index (χ4n) is 1.16. The largest absolute Gasteiger partial charge is 0.507 e. The highest BCUT2D eigenvalue weighted by atomic mass is 35.5. The van der Waals surface area contributed by atoms with Crippen LogP contribution in [0.2, 0.25) is 5.02 Å². The summed E-state index contributed by atoms with van der Waals surface area (Å²) < 4.78 is 0. The van der Waals surface area contributed by atoms with Crippen LogP contribution in [0.4, 0.5) is 0 Å². The van der Waals surface area contributed by atoms with E-state index < -0.39 is 0 Å². The van der Waals surface area contributed by atoms with E-state index in [1.165, 1.54) is 0 Å². The fourth-order valence-corrected chi connectivity index (χ4v) is 1.52. The lowest BCUT2D eigenvalue weighted by Gasteiger charge is -2.09. The van der Waals surface area contributed by atoms with Gasteiger partial charge in [0.1, 0.15) is 5.75 Å². The Hall–Kier alpha value is -0.730. The Kier molecular flexibility index (Phi) is 2.60. The van der Waals surface area contributed by atoms with Crippen LogP contribution in [0, 0.1) is 13.8 Å². The van der Waals surface area contributed by atoms with Crippen molar-refractivity contribution in [2.24, 2.45) is 0 Å². The maximum absolute atomic E-state index is 9.47. The Labute approximate surface area is 76.4 Å². The number of aliphatic hydroxyl groups excluding tert-OH is 1. The first kappa shape index (κ1) is 9.36. The number of benzene rings is 1. The molecule has 0 atom stereocenters. The standard InChI is InChI=1S/C9H11ClO2/c1-5-3-8(10)7(4-11)6(2)9(5)12/h3,11-12H,4H2,1-2H3. The predicted octanol–water partition coefficient (Wildman–Crippen LogP) is 2.15. The minimum absolute atomic E-state index is 0.140. The lowest BCUT2D eigenvalue weighted by molar-refractivity contribution is 0.280. The highest BCUT2D eigenvalue weighted by Gasteiger charge is 2.09. The van der Waals surface area contributed by atoms with Gasteiger partial charge in [-0.3, -0.25) is 0 Å². The van der Waals surface area contributed by atoms with Crippen LogP contribution in [-0.2, 0) is 6.61 Å². The van der Waals surface area contributed by atoms with Crippen molar-refractivity contribution in [2.45, 2.75) is 20.5 Å². The van der Waals surface area contributed by atoms with Crippen LogP contribution in [0.25, 0.3) is 0 Å². The van der Waals surface area contributed by atoms with Crippen molar-refractivity contribution in [2.75, 3.05) is 0 Å². The lowest BCUT2D eigenvalue weighted by atomic mass is 10.0. The Morgan fingerprint density at radius 2 is 2.00 bits per heavy atom. The number of aromatic hydroxyl groups is 1. The molecular weight excluding hydrogens is 176 g/mol. The normalized spacial score (nSPS) is 10.3. The number of phenols is 1. The molecule has 0 saturated carbocycles. The number of hydrogen-bond acceptors (Lipinski definition) is 2. The van der Waals surface area contributed by atoms with Crippen molar-refractivity contribution in [1.82, 2.24) is 0 Å². The number of phenolic OH excluding ortho intramolecular Hbond substituents is 1. The third kappa shape index (κ3) is 1.40. The van der Waals surface area contributed by atoms with E-state index in [9.17, 15) is 5.11 Å². The number of rotatable bonds is 1. The zero-order chi connectivity index (χ0) is 9.30. The zero-order valence-corrected chi connectivity index (χ0v) is 7.81. The lowest BCUT2D eigenvalue weighted by Crippen LogP contribution is -1.92. The predicted molar refractivity (Wildman–Crippen MR) is 48.5 cm³/mol. The van der Waals surface area contributed by atoms with Gasteiger partial charge in [-0.2, -0.15) is 0 Å². The van der Waals surface area contributed by atoms with Gasteiger partial charge in [0.05, 0.1) is 6.61 Å². The van der Waals surface area contributed by atoms with Gasteiger partial charge < -0.3 is 10.2 Å². The van der Waals surface area contributed by atoms with E-state index in [-0.39, 0.29) is 12.4 Å². The molecule has 0 aliphatic carbocycles. The molecule has 1 rings (SSSR count). The van der Waals surface area contributed by atoms with Gasteiger partial charge in [0.2, 0.25) is 0 Å². The van der Waals surface area contributed by atoms with Gasteiger partial charge >= 0.3 is 0 Å². The van der Waals surface area contributed by atoms with Crippen molar-refractivity contribution in [3.8, 4) is 5.75 Å². The second-order valence-corrected chi connectivity index (χ2v) is 3.19. The average molecular weight is 187 g/mol. The van der Waals surface area contributed by atoms with Crippen molar-refractivity contribution < 1.29 is 10.2 Å². The van der Waals surface area contributed by atoms with Crippen molar-refractivity contribution in [3.05, 3.63) is 27.8 Å². The summed E-state index contributed by atoms with van der Waals surface area (Å²) in [7, 11) is 0. The summed E-state index contributed by atoms with van der Waals surface area (Å²) in [5, 5.41) is 18.9. The van der Waals surface area contributed by atoms with E-state index in [0.29, 0.717) is 16.1 Å². The maximum Gasteiger partial charge on any atom is 0.121 e. The van der Waals surface area contributed by atoms with Crippen LogP contribution in [0.15, 0.2) is 6.07 Å². The summed E-state index contributed by atoms with van der Waals surface area (Å²) in [6.45, 7) is 3.37. The van der Waals surface area contributed by atoms with Crippen LogP contribution < -0.4 is 0 Å². The molecule has 66 valence electrons. The topological polar surface area (TPSA) is 40.5 Å². The number of aryl methyl sites for hydroxylation is 1. The molecule has 0 spiro atoms. The van der Waals surface area contributed by atoms with Gasteiger partial charge in [-0.25, -0.2) is 0 Å². The van der Waals surface area contributed by atoms with Crippen LogP contribution in [0.1, 0.15) is 16.7 Å². The number of hydrogen-bond donors (Lipinski definition) is 2. The van der Waals surface area contributed by atoms with Gasteiger partial charge in [0, 0.05) is 10.6 Å². The summed E-state index contributed by atoms with van der Waals surface area (Å²) in [4.78, 5) is 0. The summed E-state index contributed by atoms with van der Waals surface area (Å²) in [6.07, 6.45) is 0. The number of halogens is 1. The molecule has 0 unspecified atom stereocenters. The molecule has 2 nitrogen and oxygen atoms in total. The van der Waals surface area contributed by atoms with Crippen LogP contribution >= 0.6 is 11.6 Å². The first-order valence-electron chi connectivity index (χ1n) is 3.66. The Bertz CT molecular complexity index is 308. The third-order valence-corrected chi connectivity index (χ3v) is 2.31. The summed E-state index contributed by atoms with van der Waals surface area (Å²) >= 11 is 5.84. The number of aliphatic hydroxyl groups is 1. The first-order valence-corrected chi connectivity index (χ1v) is 4.04.